The molecule has 0 aliphatic rings. The van der Waals surface area contributed by atoms with Gasteiger partial charge in [-0.3, -0.25) is 10.1 Å². The number of nitro benzene ring substituents is 1. The monoisotopic (exact) mass is 329 g/mol. The summed E-state index contributed by atoms with van der Waals surface area (Å²) in [6.45, 7) is 2.25. The molecular weight excluding hydrogens is 302 g/mol. The number of fused-ring (bicyclic) bond motifs is 1. The van der Waals surface area contributed by atoms with Crippen LogP contribution >= 0.6 is 0 Å². The molecule has 0 unspecified atom stereocenters. The molecule has 0 bridgehead atoms. The van der Waals surface area contributed by atoms with Crippen LogP contribution in [0.3, 0.4) is 0 Å². The summed E-state index contributed by atoms with van der Waals surface area (Å²) in [5, 5.41) is 11.5. The van der Waals surface area contributed by atoms with E-state index in [1.165, 1.54) is 63.5 Å². The summed E-state index contributed by atoms with van der Waals surface area (Å²) < 4.78 is 0. The molecule has 2 rings (SSSR count). The first-order valence-electron chi connectivity index (χ1n) is 9.11. The largest absolute Gasteiger partial charge is 0.270 e. The van der Waals surface area contributed by atoms with E-state index in [1.807, 2.05) is 0 Å². The standard InChI is InChI=1S/C19H27N3O2/c1-2-3-4-5-6-7-8-9-10-11-19-20-15-16-14-17(22(23)24)12-13-18(16)21-19/h12-15H,2-11H2,1H3. The summed E-state index contributed by atoms with van der Waals surface area (Å²) in [6, 6.07) is 4.73. The Morgan fingerprint density at radius 1 is 1.00 bits per heavy atom. The van der Waals surface area contributed by atoms with Crippen LogP contribution in [0.2, 0.25) is 0 Å². The lowest BCUT2D eigenvalue weighted by molar-refractivity contribution is -0.384. The van der Waals surface area contributed by atoms with Crippen molar-refractivity contribution in [2.75, 3.05) is 0 Å². The third kappa shape index (κ3) is 5.87. The van der Waals surface area contributed by atoms with Crippen molar-refractivity contribution < 1.29 is 4.92 Å². The molecular formula is C19H27N3O2. The highest BCUT2D eigenvalue weighted by molar-refractivity contribution is 5.80. The second-order valence-corrected chi connectivity index (χ2v) is 6.36. The number of nitro groups is 1. The Bertz CT molecular complexity index is 658. The van der Waals surface area contributed by atoms with Crippen molar-refractivity contribution in [3.63, 3.8) is 0 Å². The molecule has 1 heterocycles. The van der Waals surface area contributed by atoms with Gasteiger partial charge in [-0.1, -0.05) is 58.3 Å². The average molecular weight is 329 g/mol. The number of nitrogens with zero attached hydrogens (tertiary/aromatic N) is 3. The van der Waals surface area contributed by atoms with Crippen LogP contribution in [0.4, 0.5) is 5.69 Å². The normalized spacial score (nSPS) is 11.0. The van der Waals surface area contributed by atoms with Crippen molar-refractivity contribution in [1.82, 2.24) is 9.97 Å². The lowest BCUT2D eigenvalue weighted by Gasteiger charge is -2.03. The Hall–Kier alpha value is -2.04. The van der Waals surface area contributed by atoms with E-state index in [2.05, 4.69) is 16.9 Å². The van der Waals surface area contributed by atoms with Crippen molar-refractivity contribution in [1.29, 1.82) is 0 Å². The number of non-ortho nitro benzene ring substituents is 1. The van der Waals surface area contributed by atoms with Gasteiger partial charge < -0.3 is 0 Å². The van der Waals surface area contributed by atoms with E-state index >= 15 is 0 Å². The van der Waals surface area contributed by atoms with Gasteiger partial charge >= 0.3 is 0 Å². The van der Waals surface area contributed by atoms with Gasteiger partial charge in [0.2, 0.25) is 0 Å². The van der Waals surface area contributed by atoms with Gasteiger partial charge in [0, 0.05) is 30.1 Å². The van der Waals surface area contributed by atoms with Gasteiger partial charge in [-0.15, -0.1) is 0 Å². The van der Waals surface area contributed by atoms with Gasteiger partial charge in [0.25, 0.3) is 5.69 Å². The Balaban J connectivity index is 1.71. The number of hydrogen-bond acceptors (Lipinski definition) is 4. The first kappa shape index (κ1) is 18.3. The van der Waals surface area contributed by atoms with Gasteiger partial charge in [0.05, 0.1) is 10.4 Å². The van der Waals surface area contributed by atoms with E-state index in [0.29, 0.717) is 0 Å². The van der Waals surface area contributed by atoms with Gasteiger partial charge in [0.15, 0.2) is 0 Å². The average Bonchev–Trinajstić information content (AvgIpc) is 2.59. The minimum absolute atomic E-state index is 0.0813. The molecule has 0 saturated heterocycles. The molecule has 0 fully saturated rings. The topological polar surface area (TPSA) is 68.9 Å². The van der Waals surface area contributed by atoms with E-state index in [9.17, 15) is 10.1 Å². The lowest BCUT2D eigenvalue weighted by Crippen LogP contribution is -1.96. The quantitative estimate of drug-likeness (QED) is 0.305. The summed E-state index contributed by atoms with van der Waals surface area (Å²) in [4.78, 5) is 19.2. The maximum Gasteiger partial charge on any atom is 0.270 e. The zero-order chi connectivity index (χ0) is 17.2. The fraction of sp³-hybridized carbons (Fsp3) is 0.579. The van der Waals surface area contributed by atoms with Crippen LogP contribution in [0.5, 0.6) is 0 Å². The maximum atomic E-state index is 10.8. The molecule has 0 N–H and O–H groups in total. The molecule has 2 aromatic rings. The van der Waals surface area contributed by atoms with Crippen LogP contribution in [0, 0.1) is 10.1 Å². The Labute approximate surface area is 143 Å². The molecule has 130 valence electrons. The molecule has 24 heavy (non-hydrogen) atoms. The number of aromatic nitrogens is 2. The first-order chi connectivity index (χ1) is 11.7. The van der Waals surface area contributed by atoms with Crippen molar-refractivity contribution in [2.45, 2.75) is 71.1 Å². The molecule has 0 radical (unpaired) electrons. The number of hydrogen-bond donors (Lipinski definition) is 0. The molecule has 0 aliphatic carbocycles. The number of unbranched alkanes of at least 4 members (excludes halogenated alkanes) is 8. The van der Waals surface area contributed by atoms with Gasteiger partial charge in [-0.05, 0) is 12.5 Å². The summed E-state index contributed by atoms with van der Waals surface area (Å²) in [7, 11) is 0. The molecule has 5 heteroatoms. The highest BCUT2D eigenvalue weighted by atomic mass is 16.6. The SMILES string of the molecule is CCCCCCCCCCCc1ncc2cc([N+](=O)[O-])ccc2n1. The summed E-state index contributed by atoms with van der Waals surface area (Å²) in [5.74, 6) is 0.833. The fourth-order valence-electron chi connectivity index (χ4n) is 2.89. The summed E-state index contributed by atoms with van der Waals surface area (Å²) in [6.07, 6.45) is 14.3. The van der Waals surface area contributed by atoms with Crippen LogP contribution in [0.25, 0.3) is 10.9 Å². The Morgan fingerprint density at radius 2 is 1.67 bits per heavy atom. The van der Waals surface area contributed by atoms with Crippen LogP contribution in [0.15, 0.2) is 24.4 Å². The van der Waals surface area contributed by atoms with Gasteiger partial charge in [-0.2, -0.15) is 0 Å². The summed E-state index contributed by atoms with van der Waals surface area (Å²) >= 11 is 0. The van der Waals surface area contributed by atoms with E-state index in [4.69, 9.17) is 0 Å². The molecule has 0 amide bonds. The molecule has 5 nitrogen and oxygen atoms in total. The first-order valence-corrected chi connectivity index (χ1v) is 9.11. The minimum atomic E-state index is -0.393. The maximum absolute atomic E-state index is 10.8. The smallest absolute Gasteiger partial charge is 0.258 e. The molecule has 0 saturated carbocycles. The Kier molecular flexibility index (Phi) is 7.59. The minimum Gasteiger partial charge on any atom is -0.258 e. The number of rotatable bonds is 11. The number of benzene rings is 1. The van der Waals surface area contributed by atoms with E-state index in [1.54, 1.807) is 12.3 Å². The van der Waals surface area contributed by atoms with Crippen molar-refractivity contribution in [3.05, 3.63) is 40.3 Å². The highest BCUT2D eigenvalue weighted by Gasteiger charge is 2.07. The second-order valence-electron chi connectivity index (χ2n) is 6.36. The van der Waals surface area contributed by atoms with Crippen molar-refractivity contribution >= 4 is 16.6 Å². The van der Waals surface area contributed by atoms with Gasteiger partial charge in [0.1, 0.15) is 5.82 Å². The second kappa shape index (κ2) is 9.96. The fourth-order valence-corrected chi connectivity index (χ4v) is 2.89. The number of aryl methyl sites for hydroxylation is 1. The van der Waals surface area contributed by atoms with Crippen LogP contribution in [-0.2, 0) is 6.42 Å². The highest BCUT2D eigenvalue weighted by Crippen LogP contribution is 2.19. The predicted molar refractivity (Wildman–Crippen MR) is 97.1 cm³/mol. The van der Waals surface area contributed by atoms with Crippen molar-refractivity contribution in [2.24, 2.45) is 0 Å². The molecule has 0 atom stereocenters. The summed E-state index contributed by atoms with van der Waals surface area (Å²) in [5.41, 5.74) is 0.860. The van der Waals surface area contributed by atoms with Gasteiger partial charge in [-0.25, -0.2) is 9.97 Å². The van der Waals surface area contributed by atoms with Crippen LogP contribution in [-0.4, -0.2) is 14.9 Å². The van der Waals surface area contributed by atoms with E-state index in [0.717, 1.165) is 29.6 Å². The molecule has 1 aromatic carbocycles. The molecule has 0 aliphatic heterocycles. The lowest BCUT2D eigenvalue weighted by atomic mass is 10.1. The van der Waals surface area contributed by atoms with Crippen LogP contribution in [0.1, 0.15) is 70.5 Å². The predicted octanol–water partition coefficient (Wildman–Crippen LogP) is 5.61. The van der Waals surface area contributed by atoms with Crippen molar-refractivity contribution in [3.8, 4) is 0 Å². The molecule has 1 aromatic heterocycles. The van der Waals surface area contributed by atoms with Crippen LogP contribution < -0.4 is 0 Å². The zero-order valence-electron chi connectivity index (χ0n) is 14.5. The zero-order valence-corrected chi connectivity index (χ0v) is 14.5. The third-order valence-corrected chi connectivity index (χ3v) is 4.33. The Morgan fingerprint density at radius 3 is 2.33 bits per heavy atom. The van der Waals surface area contributed by atoms with E-state index in [-0.39, 0.29) is 5.69 Å². The van der Waals surface area contributed by atoms with E-state index < -0.39 is 4.92 Å². The third-order valence-electron chi connectivity index (χ3n) is 4.33. The molecule has 0 spiro atoms.